The van der Waals surface area contributed by atoms with Crippen molar-refractivity contribution in [2.75, 3.05) is 31.4 Å². The highest BCUT2D eigenvalue weighted by atomic mass is 15.3. The van der Waals surface area contributed by atoms with Gasteiger partial charge in [-0.2, -0.15) is 5.10 Å². The number of aromatic nitrogens is 3. The number of anilines is 2. The molecule has 0 amide bonds. The molecule has 2 heterocycles. The van der Waals surface area contributed by atoms with E-state index in [0.717, 1.165) is 46.1 Å². The van der Waals surface area contributed by atoms with Crippen molar-refractivity contribution in [1.29, 1.82) is 0 Å². The van der Waals surface area contributed by atoms with Crippen LogP contribution >= 0.6 is 0 Å². The lowest BCUT2D eigenvalue weighted by Crippen LogP contribution is -2.12. The third-order valence-corrected chi connectivity index (χ3v) is 4.49. The molecule has 5 nitrogen and oxygen atoms in total. The summed E-state index contributed by atoms with van der Waals surface area (Å²) in [6.07, 6.45) is 7.18. The molecule has 0 unspecified atom stereocenters. The molecule has 1 aromatic carbocycles. The summed E-state index contributed by atoms with van der Waals surface area (Å²) in [7, 11) is 5.95. The van der Waals surface area contributed by atoms with Crippen LogP contribution in [0.2, 0.25) is 0 Å². The van der Waals surface area contributed by atoms with Gasteiger partial charge in [0.1, 0.15) is 11.6 Å². The lowest BCUT2D eigenvalue weighted by Gasteiger charge is -2.15. The molecule has 0 aliphatic rings. The molecule has 0 aliphatic carbocycles. The Morgan fingerprint density at radius 3 is 2.56 bits per heavy atom. The fraction of sp³-hybridized carbons (Fsp3) is 0.273. The van der Waals surface area contributed by atoms with Crippen molar-refractivity contribution < 1.29 is 0 Å². The molecule has 3 aromatic rings. The number of hydrogen-bond acceptors (Lipinski definition) is 4. The molecule has 1 N–H and O–H groups in total. The lowest BCUT2D eigenvalue weighted by atomic mass is 10.1. The Labute approximate surface area is 161 Å². The molecule has 0 aliphatic heterocycles. The summed E-state index contributed by atoms with van der Waals surface area (Å²) in [6, 6.07) is 12.3. The van der Waals surface area contributed by atoms with Gasteiger partial charge in [0.25, 0.3) is 0 Å². The standard InChI is InChI=1S/C22H27N5/c1-6-7-11-17-14-18(15-24-22(17)26(4)5)20-16(2)21(23-3)27(25-20)19-12-9-8-10-13-19/h7-15,23H,6H2,1-5H3/b11-7+. The van der Waals surface area contributed by atoms with Crippen molar-refractivity contribution in [3.63, 3.8) is 0 Å². The minimum atomic E-state index is 0.937. The van der Waals surface area contributed by atoms with Crippen LogP contribution in [0.15, 0.2) is 48.7 Å². The van der Waals surface area contributed by atoms with Gasteiger partial charge in [-0.15, -0.1) is 0 Å². The summed E-state index contributed by atoms with van der Waals surface area (Å²) in [4.78, 5) is 6.73. The predicted octanol–water partition coefficient (Wildman–Crippen LogP) is 4.77. The van der Waals surface area contributed by atoms with Crippen LogP contribution in [0.4, 0.5) is 11.6 Å². The third-order valence-electron chi connectivity index (χ3n) is 4.49. The quantitative estimate of drug-likeness (QED) is 0.687. The molecule has 27 heavy (non-hydrogen) atoms. The smallest absolute Gasteiger partial charge is 0.135 e. The van der Waals surface area contributed by atoms with Gasteiger partial charge in [-0.05, 0) is 31.5 Å². The fourth-order valence-electron chi connectivity index (χ4n) is 3.16. The average molecular weight is 361 g/mol. The van der Waals surface area contributed by atoms with E-state index in [-0.39, 0.29) is 0 Å². The zero-order valence-corrected chi connectivity index (χ0v) is 16.7. The normalized spacial score (nSPS) is 11.1. The zero-order valence-electron chi connectivity index (χ0n) is 16.7. The molecule has 140 valence electrons. The lowest BCUT2D eigenvalue weighted by molar-refractivity contribution is 0.888. The van der Waals surface area contributed by atoms with Crippen LogP contribution in [-0.2, 0) is 0 Å². The van der Waals surface area contributed by atoms with Gasteiger partial charge in [-0.3, -0.25) is 0 Å². The van der Waals surface area contributed by atoms with Crippen LogP contribution in [0.3, 0.4) is 0 Å². The summed E-state index contributed by atoms with van der Waals surface area (Å²) in [5, 5.41) is 8.18. The molecule has 0 saturated carbocycles. The molecular weight excluding hydrogens is 334 g/mol. The SMILES string of the molecule is CC/C=C/c1cc(-c2nn(-c3ccccc3)c(NC)c2C)cnc1N(C)C. The molecule has 0 fully saturated rings. The first-order valence-corrected chi connectivity index (χ1v) is 9.23. The van der Waals surface area contributed by atoms with Crippen molar-refractivity contribution in [1.82, 2.24) is 14.8 Å². The number of rotatable bonds is 6. The largest absolute Gasteiger partial charge is 0.373 e. The van der Waals surface area contributed by atoms with E-state index < -0.39 is 0 Å². The fourth-order valence-corrected chi connectivity index (χ4v) is 3.16. The second-order valence-corrected chi connectivity index (χ2v) is 6.66. The van der Waals surface area contributed by atoms with Crippen LogP contribution in [-0.4, -0.2) is 35.9 Å². The molecule has 0 spiro atoms. The van der Waals surface area contributed by atoms with E-state index in [0.29, 0.717) is 0 Å². The van der Waals surface area contributed by atoms with Crippen LogP contribution in [0.1, 0.15) is 24.5 Å². The zero-order chi connectivity index (χ0) is 19.4. The van der Waals surface area contributed by atoms with Gasteiger partial charge in [0, 0.05) is 44.0 Å². The maximum atomic E-state index is 4.89. The Bertz CT molecular complexity index is 939. The summed E-state index contributed by atoms with van der Waals surface area (Å²) >= 11 is 0. The van der Waals surface area contributed by atoms with Crippen molar-refractivity contribution >= 4 is 17.7 Å². The topological polar surface area (TPSA) is 46.0 Å². The monoisotopic (exact) mass is 361 g/mol. The van der Waals surface area contributed by atoms with E-state index in [1.807, 2.05) is 55.1 Å². The Morgan fingerprint density at radius 1 is 1.19 bits per heavy atom. The van der Waals surface area contributed by atoms with Crippen LogP contribution < -0.4 is 10.2 Å². The van der Waals surface area contributed by atoms with E-state index in [1.54, 1.807) is 0 Å². The van der Waals surface area contributed by atoms with Crippen molar-refractivity contribution in [3.8, 4) is 16.9 Å². The van der Waals surface area contributed by atoms with Crippen molar-refractivity contribution in [3.05, 3.63) is 59.8 Å². The number of para-hydroxylation sites is 1. The number of pyridine rings is 1. The van der Waals surface area contributed by atoms with E-state index in [2.05, 4.69) is 49.5 Å². The van der Waals surface area contributed by atoms with Gasteiger partial charge >= 0.3 is 0 Å². The number of allylic oxidation sites excluding steroid dienone is 1. The minimum absolute atomic E-state index is 0.937. The molecule has 2 aromatic heterocycles. The van der Waals surface area contributed by atoms with Gasteiger partial charge in [0.05, 0.1) is 11.4 Å². The first-order valence-electron chi connectivity index (χ1n) is 9.23. The maximum absolute atomic E-state index is 4.89. The first-order chi connectivity index (χ1) is 13.1. The van der Waals surface area contributed by atoms with Gasteiger partial charge in [-0.1, -0.05) is 37.3 Å². The van der Waals surface area contributed by atoms with Crippen LogP contribution in [0.5, 0.6) is 0 Å². The summed E-state index contributed by atoms with van der Waals surface area (Å²) in [5.74, 6) is 1.94. The highest BCUT2D eigenvalue weighted by Gasteiger charge is 2.17. The number of hydrogen-bond donors (Lipinski definition) is 1. The second-order valence-electron chi connectivity index (χ2n) is 6.66. The molecular formula is C22H27N5. The third kappa shape index (κ3) is 3.72. The molecule has 3 rings (SSSR count). The van der Waals surface area contributed by atoms with Crippen molar-refractivity contribution in [2.45, 2.75) is 20.3 Å². The maximum Gasteiger partial charge on any atom is 0.135 e. The van der Waals surface area contributed by atoms with E-state index >= 15 is 0 Å². The second kappa shape index (κ2) is 8.08. The summed E-state index contributed by atoms with van der Waals surface area (Å²) < 4.78 is 1.95. The van der Waals surface area contributed by atoms with Crippen LogP contribution in [0.25, 0.3) is 23.0 Å². The Balaban J connectivity index is 2.14. The Kier molecular flexibility index (Phi) is 5.60. The van der Waals surface area contributed by atoms with E-state index in [9.17, 15) is 0 Å². The first kappa shape index (κ1) is 18.7. The average Bonchev–Trinajstić information content (AvgIpc) is 3.03. The molecule has 0 bridgehead atoms. The van der Waals surface area contributed by atoms with Gasteiger partial charge < -0.3 is 10.2 Å². The molecule has 0 atom stereocenters. The summed E-state index contributed by atoms with van der Waals surface area (Å²) in [6.45, 7) is 4.23. The highest BCUT2D eigenvalue weighted by Crippen LogP contribution is 2.32. The Hall–Kier alpha value is -3.08. The van der Waals surface area contributed by atoms with E-state index in [1.165, 1.54) is 0 Å². The summed E-state index contributed by atoms with van der Waals surface area (Å²) in [5.41, 5.74) is 5.18. The van der Waals surface area contributed by atoms with Gasteiger partial charge in [0.15, 0.2) is 0 Å². The Morgan fingerprint density at radius 2 is 1.93 bits per heavy atom. The number of nitrogens with one attached hydrogen (secondary N) is 1. The van der Waals surface area contributed by atoms with Gasteiger partial charge in [0.2, 0.25) is 0 Å². The van der Waals surface area contributed by atoms with Gasteiger partial charge in [-0.25, -0.2) is 9.67 Å². The van der Waals surface area contributed by atoms with Crippen molar-refractivity contribution in [2.24, 2.45) is 0 Å². The minimum Gasteiger partial charge on any atom is -0.373 e. The molecule has 5 heteroatoms. The van der Waals surface area contributed by atoms with E-state index in [4.69, 9.17) is 10.1 Å². The van der Waals surface area contributed by atoms with Crippen LogP contribution in [0, 0.1) is 6.92 Å². The molecule has 0 saturated heterocycles. The predicted molar refractivity (Wildman–Crippen MR) is 115 cm³/mol. The molecule has 0 radical (unpaired) electrons. The number of nitrogens with zero attached hydrogens (tertiary/aromatic N) is 4. The highest BCUT2D eigenvalue weighted by molar-refractivity contribution is 5.75. The number of benzene rings is 1.